The van der Waals surface area contributed by atoms with Crippen LogP contribution < -0.4 is 9.62 Å². The third kappa shape index (κ3) is 4.63. The van der Waals surface area contributed by atoms with Gasteiger partial charge in [-0.3, -0.25) is 9.69 Å². The summed E-state index contributed by atoms with van der Waals surface area (Å²) in [4.78, 5) is 19.0. The lowest BCUT2D eigenvalue weighted by Gasteiger charge is -2.16. The minimum Gasteiger partial charge on any atom is -0.295 e. The molecule has 1 atom stereocenters. The second-order valence-electron chi connectivity index (χ2n) is 5.73. The average molecular weight is 524 g/mol. The van der Waals surface area contributed by atoms with Crippen LogP contribution in [0.3, 0.4) is 0 Å². The predicted molar refractivity (Wildman–Crippen MR) is 113 cm³/mol. The first-order valence-electron chi connectivity index (χ1n) is 7.64. The first-order valence-corrected chi connectivity index (χ1v) is 11.5. The molecule has 0 aliphatic carbocycles. The van der Waals surface area contributed by atoms with Crippen molar-refractivity contribution in [2.75, 3.05) is 11.4 Å². The van der Waals surface area contributed by atoms with E-state index >= 15 is 0 Å². The van der Waals surface area contributed by atoms with Crippen molar-refractivity contribution in [2.45, 2.75) is 19.4 Å². The number of amides is 1. The summed E-state index contributed by atoms with van der Waals surface area (Å²) in [5.41, 5.74) is 0.566. The molecule has 2 aromatic heterocycles. The molecular weight excluding hydrogens is 509 g/mol. The van der Waals surface area contributed by atoms with Gasteiger partial charge in [-0.2, -0.15) is 4.72 Å². The molecule has 3 rings (SSSR count). The summed E-state index contributed by atoms with van der Waals surface area (Å²) >= 11 is 9.32. The van der Waals surface area contributed by atoms with Crippen LogP contribution >= 0.6 is 45.5 Å². The minimum atomic E-state index is -3.77. The maximum Gasteiger partial charge on any atom is 0.246 e. The zero-order valence-electron chi connectivity index (χ0n) is 13.6. The number of carbonyl (C=O) groups excluding carboxylic acids is 1. The second-order valence-corrected chi connectivity index (χ2v) is 10.3. The van der Waals surface area contributed by atoms with E-state index in [-0.39, 0.29) is 5.91 Å². The molecule has 0 saturated carbocycles. The maximum atomic E-state index is 12.5. The van der Waals surface area contributed by atoms with Crippen molar-refractivity contribution in [1.29, 1.82) is 0 Å². The fourth-order valence-corrected chi connectivity index (χ4v) is 5.28. The number of sulfonamides is 1. The summed E-state index contributed by atoms with van der Waals surface area (Å²) in [7, 11) is -3.77. The van der Waals surface area contributed by atoms with Crippen molar-refractivity contribution in [3.63, 3.8) is 0 Å². The van der Waals surface area contributed by atoms with E-state index < -0.39 is 16.1 Å². The van der Waals surface area contributed by atoms with Crippen LogP contribution in [0.15, 0.2) is 35.9 Å². The van der Waals surface area contributed by atoms with Crippen molar-refractivity contribution in [1.82, 2.24) is 9.71 Å². The van der Waals surface area contributed by atoms with Crippen LogP contribution in [0.5, 0.6) is 0 Å². The van der Waals surface area contributed by atoms with E-state index in [0.717, 1.165) is 13.9 Å². The smallest absolute Gasteiger partial charge is 0.246 e. The number of nitrogens with zero attached hydrogens (tertiary/aromatic N) is 2. The summed E-state index contributed by atoms with van der Waals surface area (Å²) < 4.78 is 28.8. The van der Waals surface area contributed by atoms with Crippen molar-refractivity contribution in [3.8, 4) is 0 Å². The molecule has 1 amide bonds. The molecule has 1 aliphatic rings. The molecule has 1 saturated heterocycles. The van der Waals surface area contributed by atoms with Gasteiger partial charge in [-0.25, -0.2) is 13.4 Å². The van der Waals surface area contributed by atoms with Gasteiger partial charge < -0.3 is 0 Å². The Kier molecular flexibility index (Phi) is 6.02. The van der Waals surface area contributed by atoms with Gasteiger partial charge in [0.2, 0.25) is 15.9 Å². The normalized spacial score (nSPS) is 18.6. The minimum absolute atomic E-state index is 0.299. The Morgan fingerprint density at radius 2 is 2.19 bits per heavy atom. The van der Waals surface area contributed by atoms with Crippen molar-refractivity contribution in [2.24, 2.45) is 0 Å². The SMILES string of the molecule is CC(=CS(=O)(=O)N[C@H]1CCN(c2ccc(I)cn2)C1=O)c1ccc(Cl)s1. The molecule has 2 aromatic rings. The second kappa shape index (κ2) is 7.93. The van der Waals surface area contributed by atoms with Crippen LogP contribution in [-0.4, -0.2) is 31.9 Å². The zero-order chi connectivity index (χ0) is 18.9. The topological polar surface area (TPSA) is 79.4 Å². The first-order chi connectivity index (χ1) is 12.2. The monoisotopic (exact) mass is 523 g/mol. The Labute approximate surface area is 174 Å². The van der Waals surface area contributed by atoms with Crippen molar-refractivity contribution < 1.29 is 13.2 Å². The van der Waals surface area contributed by atoms with Crippen LogP contribution in [0.1, 0.15) is 18.2 Å². The molecule has 0 bridgehead atoms. The molecule has 1 aliphatic heterocycles. The molecule has 0 spiro atoms. The van der Waals surface area contributed by atoms with Gasteiger partial charge in [-0.05, 0) is 65.8 Å². The summed E-state index contributed by atoms with van der Waals surface area (Å²) in [6.45, 7) is 2.11. The van der Waals surface area contributed by atoms with Gasteiger partial charge in [-0.15, -0.1) is 11.3 Å². The van der Waals surface area contributed by atoms with Gasteiger partial charge in [-0.1, -0.05) is 11.6 Å². The van der Waals surface area contributed by atoms with E-state index in [1.165, 1.54) is 16.2 Å². The fraction of sp³-hybridized carbons (Fsp3) is 0.250. The standard InChI is InChI=1S/C16H15ClIN3O3S2/c1-10(13-3-4-14(17)25-13)9-26(23,24)20-12-6-7-21(16(12)22)15-5-2-11(18)8-19-15/h2-5,8-9,12,20H,6-7H2,1H3/t12-/m0/s1. The lowest BCUT2D eigenvalue weighted by Crippen LogP contribution is -2.41. The fourth-order valence-electron chi connectivity index (χ4n) is 2.59. The number of pyridine rings is 1. The maximum absolute atomic E-state index is 12.5. The quantitative estimate of drug-likeness (QED) is 0.609. The van der Waals surface area contributed by atoms with Crippen LogP contribution in [0, 0.1) is 3.57 Å². The van der Waals surface area contributed by atoms with E-state index in [4.69, 9.17) is 11.6 Å². The summed E-state index contributed by atoms with van der Waals surface area (Å²) in [5, 5.41) is 1.13. The zero-order valence-corrected chi connectivity index (χ0v) is 18.2. The Morgan fingerprint density at radius 3 is 2.81 bits per heavy atom. The van der Waals surface area contributed by atoms with Gasteiger partial charge in [0.1, 0.15) is 11.9 Å². The molecule has 0 radical (unpaired) electrons. The Morgan fingerprint density at radius 1 is 1.42 bits per heavy atom. The molecule has 3 heterocycles. The summed E-state index contributed by atoms with van der Waals surface area (Å²) in [6.07, 6.45) is 2.06. The number of allylic oxidation sites excluding steroid dienone is 1. The summed E-state index contributed by atoms with van der Waals surface area (Å²) in [6, 6.07) is 6.29. The number of anilines is 1. The van der Waals surface area contributed by atoms with Gasteiger partial charge >= 0.3 is 0 Å². The van der Waals surface area contributed by atoms with E-state index in [1.54, 1.807) is 31.3 Å². The van der Waals surface area contributed by atoms with Gasteiger partial charge in [0.25, 0.3) is 0 Å². The van der Waals surface area contributed by atoms with E-state index in [1.807, 2.05) is 6.07 Å². The Bertz CT molecular complexity index is 957. The lowest BCUT2D eigenvalue weighted by molar-refractivity contribution is -0.118. The number of aromatic nitrogens is 1. The van der Waals surface area contributed by atoms with Gasteiger partial charge in [0.05, 0.1) is 9.74 Å². The average Bonchev–Trinajstić information content (AvgIpc) is 3.15. The highest BCUT2D eigenvalue weighted by atomic mass is 127. The number of rotatable bonds is 5. The van der Waals surface area contributed by atoms with Crippen LogP contribution in [-0.2, 0) is 14.8 Å². The highest BCUT2D eigenvalue weighted by Gasteiger charge is 2.35. The van der Waals surface area contributed by atoms with Crippen molar-refractivity contribution >= 4 is 72.9 Å². The molecule has 1 N–H and O–H groups in total. The van der Waals surface area contributed by atoms with Crippen LogP contribution in [0.25, 0.3) is 5.57 Å². The molecule has 26 heavy (non-hydrogen) atoms. The number of thiophene rings is 1. The van der Waals surface area contributed by atoms with Gasteiger partial charge in [0, 0.05) is 21.2 Å². The molecular formula is C16H15ClIN3O3S2. The highest BCUT2D eigenvalue weighted by molar-refractivity contribution is 14.1. The van der Waals surface area contributed by atoms with Crippen molar-refractivity contribution in [3.05, 3.63) is 48.7 Å². The number of hydrogen-bond donors (Lipinski definition) is 1. The predicted octanol–water partition coefficient (Wildman–Crippen LogP) is 3.49. The first kappa shape index (κ1) is 19.7. The third-order valence-electron chi connectivity index (χ3n) is 3.79. The molecule has 10 heteroatoms. The third-order valence-corrected chi connectivity index (χ3v) is 7.08. The molecule has 0 aromatic carbocycles. The molecule has 1 fully saturated rings. The Balaban J connectivity index is 1.72. The largest absolute Gasteiger partial charge is 0.295 e. The number of hydrogen-bond acceptors (Lipinski definition) is 5. The summed E-state index contributed by atoms with van der Waals surface area (Å²) in [5.74, 6) is 0.226. The van der Waals surface area contributed by atoms with Crippen LogP contribution in [0.2, 0.25) is 4.34 Å². The number of nitrogens with one attached hydrogen (secondary N) is 1. The number of carbonyl (C=O) groups is 1. The molecule has 138 valence electrons. The molecule has 6 nitrogen and oxygen atoms in total. The highest BCUT2D eigenvalue weighted by Crippen LogP contribution is 2.28. The van der Waals surface area contributed by atoms with E-state index in [0.29, 0.717) is 28.7 Å². The van der Waals surface area contributed by atoms with Crippen LogP contribution in [0.4, 0.5) is 5.82 Å². The lowest BCUT2D eigenvalue weighted by atomic mass is 10.3. The Hall–Kier alpha value is -1.01. The van der Waals surface area contributed by atoms with E-state index in [2.05, 4.69) is 32.3 Å². The number of halogens is 2. The van der Waals surface area contributed by atoms with E-state index in [9.17, 15) is 13.2 Å². The molecule has 0 unspecified atom stereocenters. The van der Waals surface area contributed by atoms with Gasteiger partial charge in [0.15, 0.2) is 0 Å².